The van der Waals surface area contributed by atoms with Gasteiger partial charge in [0.2, 0.25) is 0 Å². The van der Waals surface area contributed by atoms with Crippen LogP contribution in [0, 0.1) is 0 Å². The Morgan fingerprint density at radius 2 is 2.06 bits per heavy atom. The highest BCUT2D eigenvalue weighted by atomic mass is 79.9. The Morgan fingerprint density at radius 1 is 1.44 bits per heavy atom. The SMILES string of the molecule is CC(C)(C)OC(=O)COC1CN(CCBr)C1. The van der Waals surface area contributed by atoms with Crippen LogP contribution in [0.3, 0.4) is 0 Å². The second kappa shape index (κ2) is 5.98. The van der Waals surface area contributed by atoms with Crippen molar-refractivity contribution in [3.8, 4) is 0 Å². The minimum Gasteiger partial charge on any atom is -0.458 e. The number of alkyl halides is 1. The van der Waals surface area contributed by atoms with Gasteiger partial charge < -0.3 is 9.47 Å². The second-order valence-electron chi connectivity index (χ2n) is 4.97. The van der Waals surface area contributed by atoms with Gasteiger partial charge in [-0.2, -0.15) is 0 Å². The monoisotopic (exact) mass is 293 g/mol. The van der Waals surface area contributed by atoms with Gasteiger partial charge in [0.1, 0.15) is 12.2 Å². The maximum absolute atomic E-state index is 11.3. The molecule has 1 aliphatic heterocycles. The Labute approximate surface area is 105 Å². The number of hydrogen-bond donors (Lipinski definition) is 0. The van der Waals surface area contributed by atoms with Gasteiger partial charge in [-0.05, 0) is 20.8 Å². The van der Waals surface area contributed by atoms with Gasteiger partial charge in [-0.15, -0.1) is 0 Å². The van der Waals surface area contributed by atoms with E-state index in [9.17, 15) is 4.79 Å². The van der Waals surface area contributed by atoms with Gasteiger partial charge >= 0.3 is 5.97 Å². The van der Waals surface area contributed by atoms with Crippen molar-refractivity contribution in [1.29, 1.82) is 0 Å². The first-order chi connectivity index (χ1) is 7.40. The average Bonchev–Trinajstić information content (AvgIpc) is 2.05. The van der Waals surface area contributed by atoms with Gasteiger partial charge in [0.05, 0.1) is 6.10 Å². The minimum absolute atomic E-state index is 0.0596. The largest absolute Gasteiger partial charge is 0.458 e. The zero-order chi connectivity index (χ0) is 12.2. The Morgan fingerprint density at radius 3 is 2.56 bits per heavy atom. The molecule has 94 valence electrons. The summed E-state index contributed by atoms with van der Waals surface area (Å²) in [7, 11) is 0. The molecule has 0 bridgehead atoms. The van der Waals surface area contributed by atoms with Crippen LogP contribution in [-0.2, 0) is 14.3 Å². The molecule has 0 unspecified atom stereocenters. The van der Waals surface area contributed by atoms with Crippen molar-refractivity contribution in [2.24, 2.45) is 0 Å². The molecular weight excluding hydrogens is 274 g/mol. The first kappa shape index (κ1) is 13.9. The van der Waals surface area contributed by atoms with Crippen LogP contribution in [0.4, 0.5) is 0 Å². The zero-order valence-corrected chi connectivity index (χ0v) is 11.7. The van der Waals surface area contributed by atoms with E-state index in [2.05, 4.69) is 20.8 Å². The highest BCUT2D eigenvalue weighted by Gasteiger charge is 2.27. The van der Waals surface area contributed by atoms with Crippen LogP contribution in [0.25, 0.3) is 0 Å². The fraction of sp³-hybridized carbons (Fsp3) is 0.909. The number of carbonyl (C=O) groups is 1. The van der Waals surface area contributed by atoms with Crippen LogP contribution in [0.5, 0.6) is 0 Å². The summed E-state index contributed by atoms with van der Waals surface area (Å²) in [5, 5.41) is 0.978. The normalized spacial score (nSPS) is 18.2. The summed E-state index contributed by atoms with van der Waals surface area (Å²) < 4.78 is 10.6. The highest BCUT2D eigenvalue weighted by molar-refractivity contribution is 9.09. The predicted octanol–water partition coefficient (Wildman–Crippen LogP) is 1.42. The fourth-order valence-corrected chi connectivity index (χ4v) is 1.99. The summed E-state index contributed by atoms with van der Waals surface area (Å²) in [5.41, 5.74) is -0.429. The van der Waals surface area contributed by atoms with E-state index in [1.165, 1.54) is 0 Å². The van der Waals surface area contributed by atoms with Crippen molar-refractivity contribution < 1.29 is 14.3 Å². The molecule has 0 aliphatic carbocycles. The molecule has 0 aromatic carbocycles. The van der Waals surface area contributed by atoms with Gasteiger partial charge in [-0.25, -0.2) is 4.79 Å². The van der Waals surface area contributed by atoms with E-state index in [1.807, 2.05) is 20.8 Å². The smallest absolute Gasteiger partial charge is 0.332 e. The maximum Gasteiger partial charge on any atom is 0.332 e. The summed E-state index contributed by atoms with van der Waals surface area (Å²) in [4.78, 5) is 13.6. The third-order valence-corrected chi connectivity index (χ3v) is 2.54. The van der Waals surface area contributed by atoms with Crippen molar-refractivity contribution in [2.75, 3.05) is 31.6 Å². The molecule has 16 heavy (non-hydrogen) atoms. The lowest BCUT2D eigenvalue weighted by molar-refractivity contribution is -0.165. The van der Waals surface area contributed by atoms with Crippen molar-refractivity contribution >= 4 is 21.9 Å². The average molecular weight is 294 g/mol. The summed E-state index contributed by atoms with van der Waals surface area (Å²) in [6, 6.07) is 0. The van der Waals surface area contributed by atoms with Crippen LogP contribution in [0.2, 0.25) is 0 Å². The van der Waals surface area contributed by atoms with E-state index in [0.29, 0.717) is 0 Å². The quantitative estimate of drug-likeness (QED) is 0.568. The Hall–Kier alpha value is -0.130. The Bertz CT molecular complexity index is 234. The van der Waals surface area contributed by atoms with Gasteiger partial charge in [0.25, 0.3) is 0 Å². The highest BCUT2D eigenvalue weighted by Crippen LogP contribution is 2.12. The number of likely N-dealkylation sites (tertiary alicyclic amines) is 1. The van der Waals surface area contributed by atoms with Gasteiger partial charge in [-0.1, -0.05) is 15.9 Å². The molecule has 0 radical (unpaired) electrons. The lowest BCUT2D eigenvalue weighted by Gasteiger charge is -2.38. The molecule has 0 aromatic heterocycles. The number of esters is 1. The first-order valence-corrected chi connectivity index (χ1v) is 6.64. The summed E-state index contributed by atoms with van der Waals surface area (Å²) >= 11 is 3.38. The van der Waals surface area contributed by atoms with E-state index in [1.54, 1.807) is 0 Å². The first-order valence-electron chi connectivity index (χ1n) is 5.52. The van der Waals surface area contributed by atoms with E-state index in [0.717, 1.165) is 25.0 Å². The molecular formula is C11H20BrNO3. The molecule has 0 atom stereocenters. The number of ether oxygens (including phenoxy) is 2. The van der Waals surface area contributed by atoms with E-state index in [4.69, 9.17) is 9.47 Å². The molecule has 1 fully saturated rings. The topological polar surface area (TPSA) is 38.8 Å². The maximum atomic E-state index is 11.3. The number of carbonyl (C=O) groups excluding carboxylic acids is 1. The van der Waals surface area contributed by atoms with Crippen LogP contribution in [0.1, 0.15) is 20.8 Å². The van der Waals surface area contributed by atoms with E-state index >= 15 is 0 Å². The van der Waals surface area contributed by atoms with Crippen molar-refractivity contribution in [3.05, 3.63) is 0 Å². The Kier molecular flexibility index (Phi) is 5.21. The molecule has 0 aromatic rings. The predicted molar refractivity (Wildman–Crippen MR) is 65.8 cm³/mol. The molecule has 1 saturated heterocycles. The van der Waals surface area contributed by atoms with Gasteiger partial charge in [0.15, 0.2) is 0 Å². The summed E-state index contributed by atoms with van der Waals surface area (Å²) in [6.07, 6.45) is 0.187. The molecule has 0 N–H and O–H groups in total. The Balaban J connectivity index is 2.06. The minimum atomic E-state index is -0.429. The molecule has 0 amide bonds. The number of hydrogen-bond acceptors (Lipinski definition) is 4. The molecule has 4 nitrogen and oxygen atoms in total. The third kappa shape index (κ3) is 5.27. The molecule has 1 aliphatic rings. The number of halogens is 1. The molecule has 1 rings (SSSR count). The lowest BCUT2D eigenvalue weighted by Crippen LogP contribution is -2.53. The van der Waals surface area contributed by atoms with Crippen molar-refractivity contribution in [3.63, 3.8) is 0 Å². The van der Waals surface area contributed by atoms with Crippen LogP contribution >= 0.6 is 15.9 Å². The fourth-order valence-electron chi connectivity index (χ4n) is 1.49. The van der Waals surface area contributed by atoms with Gasteiger partial charge in [0, 0.05) is 25.0 Å². The van der Waals surface area contributed by atoms with Crippen LogP contribution < -0.4 is 0 Å². The van der Waals surface area contributed by atoms with Crippen LogP contribution in [0.15, 0.2) is 0 Å². The standard InChI is InChI=1S/C11H20BrNO3/c1-11(2,3)16-10(14)8-15-9-6-13(7-9)5-4-12/h9H,4-8H2,1-3H3. The van der Waals surface area contributed by atoms with Crippen molar-refractivity contribution in [1.82, 2.24) is 4.90 Å². The van der Waals surface area contributed by atoms with Crippen molar-refractivity contribution in [2.45, 2.75) is 32.5 Å². The zero-order valence-electron chi connectivity index (χ0n) is 10.2. The van der Waals surface area contributed by atoms with Gasteiger partial charge in [-0.3, -0.25) is 4.90 Å². The third-order valence-electron chi connectivity index (χ3n) is 2.18. The lowest BCUT2D eigenvalue weighted by atomic mass is 10.2. The second-order valence-corrected chi connectivity index (χ2v) is 5.76. The number of rotatable bonds is 5. The van der Waals surface area contributed by atoms with Crippen LogP contribution in [-0.4, -0.2) is 54.1 Å². The summed E-state index contributed by atoms with van der Waals surface area (Å²) in [6.45, 7) is 8.48. The number of nitrogens with zero attached hydrogens (tertiary/aromatic N) is 1. The van der Waals surface area contributed by atoms with E-state index < -0.39 is 5.60 Å². The van der Waals surface area contributed by atoms with E-state index in [-0.39, 0.29) is 18.7 Å². The molecule has 5 heteroatoms. The summed E-state index contributed by atoms with van der Waals surface area (Å²) in [5.74, 6) is -0.286. The molecule has 0 spiro atoms. The molecule has 0 saturated carbocycles. The molecule has 1 heterocycles.